The average Bonchev–Trinajstić information content (AvgIpc) is 2.34. The zero-order valence-electron chi connectivity index (χ0n) is 11.3. The first-order valence-electron chi connectivity index (χ1n) is 5.82. The summed E-state index contributed by atoms with van der Waals surface area (Å²) in [6, 6.07) is 0. The molecule has 0 aliphatic carbocycles. The number of methoxy groups -OCH3 is 2. The predicted molar refractivity (Wildman–Crippen MR) is 82.5 cm³/mol. The third-order valence-corrected chi connectivity index (χ3v) is 1.97. The Hall–Kier alpha value is -0.570. The Morgan fingerprint density at radius 2 is 2.00 bits per heavy atom. The van der Waals surface area contributed by atoms with Gasteiger partial charge in [0.1, 0.15) is 0 Å². The molecule has 108 valence electrons. The van der Waals surface area contributed by atoms with Gasteiger partial charge in [-0.15, -0.1) is 24.0 Å². The molecule has 0 aliphatic heterocycles. The van der Waals surface area contributed by atoms with Crippen LogP contribution in [-0.2, 0) is 14.3 Å². The van der Waals surface area contributed by atoms with Gasteiger partial charge in [0.15, 0.2) is 5.96 Å². The number of aliphatic imine (C=N–C) groups is 1. The first-order chi connectivity index (χ1) is 8.24. The molecule has 0 amide bonds. The Labute approximate surface area is 126 Å². The van der Waals surface area contributed by atoms with Crippen LogP contribution in [-0.4, -0.2) is 52.4 Å². The molecule has 0 aliphatic rings. The number of esters is 1. The van der Waals surface area contributed by atoms with Crippen LogP contribution in [0.5, 0.6) is 0 Å². The van der Waals surface area contributed by atoms with Crippen molar-refractivity contribution in [2.75, 3.05) is 40.5 Å². The Morgan fingerprint density at radius 3 is 2.56 bits per heavy atom. The van der Waals surface area contributed by atoms with E-state index in [1.54, 1.807) is 7.11 Å². The van der Waals surface area contributed by atoms with Crippen molar-refractivity contribution >= 4 is 35.9 Å². The maximum Gasteiger partial charge on any atom is 0.307 e. The van der Waals surface area contributed by atoms with Gasteiger partial charge in [0.05, 0.1) is 13.5 Å². The van der Waals surface area contributed by atoms with E-state index in [1.165, 1.54) is 7.11 Å². The third-order valence-electron chi connectivity index (χ3n) is 1.97. The summed E-state index contributed by atoms with van der Waals surface area (Å²) < 4.78 is 9.49. The largest absolute Gasteiger partial charge is 0.469 e. The lowest BCUT2D eigenvalue weighted by molar-refractivity contribution is -0.140. The van der Waals surface area contributed by atoms with Crippen molar-refractivity contribution in [2.45, 2.75) is 19.8 Å². The monoisotopic (exact) mass is 373 g/mol. The lowest BCUT2D eigenvalue weighted by Crippen LogP contribution is -2.38. The summed E-state index contributed by atoms with van der Waals surface area (Å²) in [5.74, 6) is 0.486. The van der Waals surface area contributed by atoms with E-state index in [2.05, 4.69) is 20.4 Å². The molecule has 6 nitrogen and oxygen atoms in total. The van der Waals surface area contributed by atoms with Gasteiger partial charge >= 0.3 is 5.97 Å². The zero-order valence-corrected chi connectivity index (χ0v) is 13.7. The van der Waals surface area contributed by atoms with Gasteiger partial charge in [0.25, 0.3) is 0 Å². The van der Waals surface area contributed by atoms with Gasteiger partial charge in [0, 0.05) is 33.4 Å². The second-order valence-electron chi connectivity index (χ2n) is 3.36. The quantitative estimate of drug-likeness (QED) is 0.216. The number of nitrogens with zero attached hydrogens (tertiary/aromatic N) is 1. The van der Waals surface area contributed by atoms with Gasteiger partial charge in [-0.05, 0) is 13.3 Å². The number of hydrogen-bond acceptors (Lipinski definition) is 4. The Morgan fingerprint density at radius 1 is 1.28 bits per heavy atom. The molecule has 0 aromatic rings. The van der Waals surface area contributed by atoms with Gasteiger partial charge in [-0.25, -0.2) is 0 Å². The highest BCUT2D eigenvalue weighted by atomic mass is 127. The third kappa shape index (κ3) is 11.9. The minimum Gasteiger partial charge on any atom is -0.469 e. The summed E-state index contributed by atoms with van der Waals surface area (Å²) in [5.41, 5.74) is 0. The van der Waals surface area contributed by atoms with Crippen molar-refractivity contribution in [2.24, 2.45) is 4.99 Å². The van der Waals surface area contributed by atoms with Crippen molar-refractivity contribution in [3.05, 3.63) is 0 Å². The van der Waals surface area contributed by atoms with E-state index in [0.29, 0.717) is 32.1 Å². The van der Waals surface area contributed by atoms with E-state index in [-0.39, 0.29) is 29.9 Å². The van der Waals surface area contributed by atoms with E-state index >= 15 is 0 Å². The van der Waals surface area contributed by atoms with E-state index in [4.69, 9.17) is 4.74 Å². The van der Waals surface area contributed by atoms with Crippen molar-refractivity contribution in [1.29, 1.82) is 0 Å². The van der Waals surface area contributed by atoms with Crippen LogP contribution in [0.3, 0.4) is 0 Å². The van der Waals surface area contributed by atoms with Crippen molar-refractivity contribution in [3.8, 4) is 0 Å². The lowest BCUT2D eigenvalue weighted by Gasteiger charge is -2.10. The number of nitrogens with one attached hydrogen (secondary N) is 2. The second-order valence-corrected chi connectivity index (χ2v) is 3.36. The molecule has 0 saturated carbocycles. The normalized spacial score (nSPS) is 10.5. The first kappa shape index (κ1) is 19.8. The molecule has 0 aromatic heterocycles. The van der Waals surface area contributed by atoms with Crippen LogP contribution in [0, 0.1) is 0 Å². The molecular formula is C11H24IN3O3. The maximum atomic E-state index is 10.9. The fourth-order valence-corrected chi connectivity index (χ4v) is 1.13. The molecule has 0 spiro atoms. The number of hydrogen-bond donors (Lipinski definition) is 2. The molecule has 0 bridgehead atoms. The molecule has 0 saturated heterocycles. The molecule has 0 heterocycles. The summed E-state index contributed by atoms with van der Waals surface area (Å²) in [7, 11) is 3.05. The number of ether oxygens (including phenoxy) is 2. The highest BCUT2D eigenvalue weighted by molar-refractivity contribution is 14.0. The number of halogens is 1. The van der Waals surface area contributed by atoms with Gasteiger partial charge in [-0.2, -0.15) is 0 Å². The Balaban J connectivity index is 0. The van der Waals surface area contributed by atoms with Crippen molar-refractivity contribution < 1.29 is 14.3 Å². The summed E-state index contributed by atoms with van der Waals surface area (Å²) >= 11 is 0. The molecule has 2 N–H and O–H groups in total. The number of rotatable bonds is 8. The maximum absolute atomic E-state index is 10.9. The molecule has 7 heteroatoms. The highest BCUT2D eigenvalue weighted by Gasteiger charge is 2.01. The number of carbonyl (C=O) groups is 1. The SMILES string of the molecule is CCNC(=NCCCOC)NCCC(=O)OC.I. The van der Waals surface area contributed by atoms with E-state index in [9.17, 15) is 4.79 Å². The summed E-state index contributed by atoms with van der Waals surface area (Å²) in [4.78, 5) is 15.2. The van der Waals surface area contributed by atoms with Crippen molar-refractivity contribution in [1.82, 2.24) is 10.6 Å². The molecule has 0 rings (SSSR count). The Kier molecular flexibility index (Phi) is 15.9. The average molecular weight is 373 g/mol. The highest BCUT2D eigenvalue weighted by Crippen LogP contribution is 1.84. The fourth-order valence-electron chi connectivity index (χ4n) is 1.13. The van der Waals surface area contributed by atoms with Crippen LogP contribution in [0.1, 0.15) is 19.8 Å². The van der Waals surface area contributed by atoms with Gasteiger partial charge < -0.3 is 20.1 Å². The fraction of sp³-hybridized carbons (Fsp3) is 0.818. The standard InChI is InChI=1S/C11H23N3O3.HI/c1-4-12-11(13-7-5-9-16-2)14-8-6-10(15)17-3;/h4-9H2,1-3H3,(H2,12,13,14);1H. The number of guanidine groups is 1. The minimum absolute atomic E-state index is 0. The topological polar surface area (TPSA) is 72.0 Å². The Bertz CT molecular complexity index is 238. The van der Waals surface area contributed by atoms with Crippen LogP contribution in [0.15, 0.2) is 4.99 Å². The second kappa shape index (κ2) is 14.5. The minimum atomic E-state index is -0.229. The molecular weight excluding hydrogens is 349 g/mol. The molecule has 0 unspecified atom stereocenters. The number of carbonyl (C=O) groups excluding carboxylic acids is 1. The van der Waals surface area contributed by atoms with E-state index < -0.39 is 0 Å². The van der Waals surface area contributed by atoms with Gasteiger partial charge in [0.2, 0.25) is 0 Å². The smallest absolute Gasteiger partial charge is 0.307 e. The van der Waals surface area contributed by atoms with Crippen LogP contribution in [0.4, 0.5) is 0 Å². The van der Waals surface area contributed by atoms with Crippen LogP contribution < -0.4 is 10.6 Å². The van der Waals surface area contributed by atoms with Gasteiger partial charge in [-0.1, -0.05) is 0 Å². The lowest BCUT2D eigenvalue weighted by atomic mass is 10.4. The van der Waals surface area contributed by atoms with Crippen LogP contribution in [0.2, 0.25) is 0 Å². The zero-order chi connectivity index (χ0) is 12.9. The van der Waals surface area contributed by atoms with Crippen LogP contribution >= 0.6 is 24.0 Å². The van der Waals surface area contributed by atoms with Crippen LogP contribution in [0.25, 0.3) is 0 Å². The summed E-state index contributed by atoms with van der Waals surface area (Å²) in [6.45, 7) is 4.69. The summed E-state index contributed by atoms with van der Waals surface area (Å²) in [6.07, 6.45) is 1.21. The van der Waals surface area contributed by atoms with Crippen molar-refractivity contribution in [3.63, 3.8) is 0 Å². The predicted octanol–water partition coefficient (Wildman–Crippen LogP) is 0.759. The molecule has 0 aromatic carbocycles. The molecule has 18 heavy (non-hydrogen) atoms. The van der Waals surface area contributed by atoms with E-state index in [0.717, 1.165) is 13.0 Å². The molecule has 0 fully saturated rings. The first-order valence-corrected chi connectivity index (χ1v) is 5.82. The van der Waals surface area contributed by atoms with E-state index in [1.807, 2.05) is 6.92 Å². The summed E-state index contributed by atoms with van der Waals surface area (Å²) in [5, 5.41) is 6.16. The molecule has 0 atom stereocenters. The van der Waals surface area contributed by atoms with Gasteiger partial charge in [-0.3, -0.25) is 9.79 Å². The molecule has 0 radical (unpaired) electrons.